The van der Waals surface area contributed by atoms with Crippen molar-refractivity contribution in [2.75, 3.05) is 6.54 Å². The average Bonchev–Trinajstić information content (AvgIpc) is 2.84. The SMILES string of the molecule is NCCCc1nc(CCc2ccc(Cl)cc2)n[nH]1. The summed E-state index contributed by atoms with van der Waals surface area (Å²) < 4.78 is 0. The van der Waals surface area contributed by atoms with Crippen LogP contribution in [0.25, 0.3) is 0 Å². The van der Waals surface area contributed by atoms with Crippen molar-refractivity contribution in [1.82, 2.24) is 15.2 Å². The van der Waals surface area contributed by atoms with Gasteiger partial charge in [-0.2, -0.15) is 5.10 Å². The number of nitrogens with zero attached hydrogens (tertiary/aromatic N) is 2. The van der Waals surface area contributed by atoms with Crippen molar-refractivity contribution in [2.24, 2.45) is 5.73 Å². The molecule has 4 nitrogen and oxygen atoms in total. The van der Waals surface area contributed by atoms with Crippen LogP contribution in [0.2, 0.25) is 5.02 Å². The third-order valence-corrected chi connectivity index (χ3v) is 3.00. The Morgan fingerprint density at radius 1 is 1.11 bits per heavy atom. The number of halogens is 1. The van der Waals surface area contributed by atoms with Gasteiger partial charge in [-0.1, -0.05) is 23.7 Å². The molecule has 3 N–H and O–H groups in total. The number of nitrogens with two attached hydrogens (primary N) is 1. The maximum absolute atomic E-state index is 5.84. The maximum atomic E-state index is 5.84. The van der Waals surface area contributed by atoms with E-state index >= 15 is 0 Å². The number of benzene rings is 1. The number of aromatic nitrogens is 3. The molecule has 2 rings (SSSR count). The highest BCUT2D eigenvalue weighted by molar-refractivity contribution is 6.30. The van der Waals surface area contributed by atoms with E-state index in [0.717, 1.165) is 42.4 Å². The normalized spacial score (nSPS) is 10.8. The summed E-state index contributed by atoms with van der Waals surface area (Å²) in [5.41, 5.74) is 6.70. The number of hydrogen-bond acceptors (Lipinski definition) is 3. The molecule has 5 heteroatoms. The van der Waals surface area contributed by atoms with E-state index in [1.165, 1.54) is 5.56 Å². The lowest BCUT2D eigenvalue weighted by Gasteiger charge is -1.98. The fourth-order valence-corrected chi connectivity index (χ4v) is 1.86. The molecule has 0 bridgehead atoms. The molecule has 1 heterocycles. The first kappa shape index (κ1) is 13.1. The quantitative estimate of drug-likeness (QED) is 0.840. The molecule has 0 amide bonds. The first-order valence-corrected chi connectivity index (χ1v) is 6.50. The van der Waals surface area contributed by atoms with Gasteiger partial charge >= 0.3 is 0 Å². The van der Waals surface area contributed by atoms with Crippen LogP contribution in [0.15, 0.2) is 24.3 Å². The number of H-pyrrole nitrogens is 1. The third-order valence-electron chi connectivity index (χ3n) is 2.75. The lowest BCUT2D eigenvalue weighted by atomic mass is 10.1. The third kappa shape index (κ3) is 3.82. The Morgan fingerprint density at radius 3 is 2.61 bits per heavy atom. The van der Waals surface area contributed by atoms with E-state index in [4.69, 9.17) is 17.3 Å². The van der Waals surface area contributed by atoms with Gasteiger partial charge in [0.1, 0.15) is 5.82 Å². The molecule has 0 aliphatic carbocycles. The Labute approximate surface area is 112 Å². The van der Waals surface area contributed by atoms with Crippen LogP contribution in [0, 0.1) is 0 Å². The molecule has 0 fully saturated rings. The summed E-state index contributed by atoms with van der Waals surface area (Å²) in [6.45, 7) is 0.681. The second kappa shape index (κ2) is 6.52. The molecule has 0 atom stereocenters. The fourth-order valence-electron chi connectivity index (χ4n) is 1.74. The second-order valence-electron chi connectivity index (χ2n) is 4.22. The van der Waals surface area contributed by atoms with Gasteiger partial charge in [-0.25, -0.2) is 4.98 Å². The van der Waals surface area contributed by atoms with Gasteiger partial charge in [0.05, 0.1) is 0 Å². The van der Waals surface area contributed by atoms with Gasteiger partial charge in [0.25, 0.3) is 0 Å². The van der Waals surface area contributed by atoms with E-state index in [0.29, 0.717) is 6.54 Å². The maximum Gasteiger partial charge on any atom is 0.151 e. The molecule has 0 spiro atoms. The summed E-state index contributed by atoms with van der Waals surface area (Å²) in [7, 11) is 0. The lowest BCUT2D eigenvalue weighted by Crippen LogP contribution is -2.01. The number of aryl methyl sites for hydroxylation is 3. The topological polar surface area (TPSA) is 67.6 Å². The number of rotatable bonds is 6. The van der Waals surface area contributed by atoms with Gasteiger partial charge in [0.2, 0.25) is 0 Å². The van der Waals surface area contributed by atoms with Gasteiger partial charge in [-0.05, 0) is 37.1 Å². The first-order valence-electron chi connectivity index (χ1n) is 6.12. The van der Waals surface area contributed by atoms with Gasteiger partial charge in [-0.15, -0.1) is 0 Å². The second-order valence-corrected chi connectivity index (χ2v) is 4.65. The largest absolute Gasteiger partial charge is 0.330 e. The molecule has 18 heavy (non-hydrogen) atoms. The average molecular weight is 265 g/mol. The Morgan fingerprint density at radius 2 is 1.89 bits per heavy atom. The molecular weight excluding hydrogens is 248 g/mol. The van der Waals surface area contributed by atoms with Crippen molar-refractivity contribution in [2.45, 2.75) is 25.7 Å². The van der Waals surface area contributed by atoms with Gasteiger partial charge in [0.15, 0.2) is 5.82 Å². The van der Waals surface area contributed by atoms with Crippen LogP contribution < -0.4 is 5.73 Å². The van der Waals surface area contributed by atoms with Gasteiger partial charge in [0, 0.05) is 17.9 Å². The molecular formula is C13H17ClN4. The highest BCUT2D eigenvalue weighted by Gasteiger charge is 2.03. The van der Waals surface area contributed by atoms with Gasteiger partial charge < -0.3 is 5.73 Å². The van der Waals surface area contributed by atoms with Crippen molar-refractivity contribution in [1.29, 1.82) is 0 Å². The van der Waals surface area contributed by atoms with E-state index in [2.05, 4.69) is 15.2 Å². The van der Waals surface area contributed by atoms with Crippen molar-refractivity contribution in [3.05, 3.63) is 46.5 Å². The molecule has 0 unspecified atom stereocenters. The summed E-state index contributed by atoms with van der Waals surface area (Å²) in [5, 5.41) is 7.91. The Kier molecular flexibility index (Phi) is 4.73. The predicted molar refractivity (Wildman–Crippen MR) is 72.6 cm³/mol. The van der Waals surface area contributed by atoms with Crippen molar-refractivity contribution >= 4 is 11.6 Å². The fraction of sp³-hybridized carbons (Fsp3) is 0.385. The van der Waals surface area contributed by atoms with E-state index in [-0.39, 0.29) is 0 Å². The molecule has 0 aliphatic rings. The van der Waals surface area contributed by atoms with E-state index in [1.807, 2.05) is 24.3 Å². The van der Waals surface area contributed by atoms with E-state index in [9.17, 15) is 0 Å². The molecule has 0 saturated heterocycles. The van der Waals surface area contributed by atoms with Crippen molar-refractivity contribution in [3.8, 4) is 0 Å². The molecule has 1 aromatic carbocycles. The predicted octanol–water partition coefficient (Wildman–Crippen LogP) is 2.13. The summed E-state index contributed by atoms with van der Waals surface area (Å²) in [6.07, 6.45) is 3.56. The van der Waals surface area contributed by atoms with Crippen LogP contribution in [0.3, 0.4) is 0 Å². The minimum absolute atomic E-state index is 0.681. The zero-order chi connectivity index (χ0) is 12.8. The van der Waals surface area contributed by atoms with Crippen LogP contribution in [0.5, 0.6) is 0 Å². The summed E-state index contributed by atoms with van der Waals surface area (Å²) in [4.78, 5) is 4.43. The van der Waals surface area contributed by atoms with Crippen molar-refractivity contribution < 1.29 is 0 Å². The standard InChI is InChI=1S/C13H17ClN4/c14-11-6-3-10(4-7-11)5-8-13-16-12(17-18-13)2-1-9-15/h3-4,6-7H,1-2,5,8-9,15H2,(H,16,17,18). The highest BCUT2D eigenvalue weighted by Crippen LogP contribution is 2.11. The van der Waals surface area contributed by atoms with E-state index in [1.54, 1.807) is 0 Å². The monoisotopic (exact) mass is 264 g/mol. The zero-order valence-electron chi connectivity index (χ0n) is 10.2. The van der Waals surface area contributed by atoms with Crippen LogP contribution in [0.4, 0.5) is 0 Å². The summed E-state index contributed by atoms with van der Waals surface area (Å²) >= 11 is 5.84. The molecule has 0 radical (unpaired) electrons. The Hall–Kier alpha value is -1.39. The summed E-state index contributed by atoms with van der Waals surface area (Å²) in [5.74, 6) is 1.78. The smallest absolute Gasteiger partial charge is 0.151 e. The zero-order valence-corrected chi connectivity index (χ0v) is 11.0. The molecule has 96 valence electrons. The Bertz CT molecular complexity index is 478. The van der Waals surface area contributed by atoms with Crippen LogP contribution in [0.1, 0.15) is 23.6 Å². The minimum atomic E-state index is 0.681. The van der Waals surface area contributed by atoms with E-state index < -0.39 is 0 Å². The highest BCUT2D eigenvalue weighted by atomic mass is 35.5. The molecule has 2 aromatic rings. The molecule has 1 aromatic heterocycles. The van der Waals surface area contributed by atoms with Crippen LogP contribution >= 0.6 is 11.6 Å². The van der Waals surface area contributed by atoms with Gasteiger partial charge in [-0.3, -0.25) is 5.10 Å². The molecule has 0 saturated carbocycles. The number of nitrogens with one attached hydrogen (secondary N) is 1. The van der Waals surface area contributed by atoms with Crippen LogP contribution in [-0.2, 0) is 19.3 Å². The van der Waals surface area contributed by atoms with Crippen LogP contribution in [-0.4, -0.2) is 21.7 Å². The number of aromatic amines is 1. The minimum Gasteiger partial charge on any atom is -0.330 e. The lowest BCUT2D eigenvalue weighted by molar-refractivity contribution is 0.784. The summed E-state index contributed by atoms with van der Waals surface area (Å²) in [6, 6.07) is 7.87. The Balaban J connectivity index is 1.86. The molecule has 0 aliphatic heterocycles. The van der Waals surface area contributed by atoms with Crippen molar-refractivity contribution in [3.63, 3.8) is 0 Å². The first-order chi connectivity index (χ1) is 8.78. The number of hydrogen-bond donors (Lipinski definition) is 2.